The molecule has 0 saturated carbocycles. The van der Waals surface area contributed by atoms with Gasteiger partial charge in [-0.1, -0.05) is 48.7 Å². The second-order valence-corrected chi connectivity index (χ2v) is 9.49. The van der Waals surface area contributed by atoms with E-state index in [1.807, 2.05) is 6.92 Å². The number of halogens is 4. The number of hydrogen-bond acceptors (Lipinski definition) is 8. The highest BCUT2D eigenvalue weighted by atomic mass is 35.5. The molecule has 0 aliphatic rings. The Balaban J connectivity index is 1.95. The highest BCUT2D eigenvalue weighted by molar-refractivity contribution is 6.35. The van der Waals surface area contributed by atoms with E-state index in [0.29, 0.717) is 48.5 Å². The molecule has 1 aromatic heterocycles. The quantitative estimate of drug-likeness (QED) is 0.160. The van der Waals surface area contributed by atoms with Gasteiger partial charge < -0.3 is 25.7 Å². The molecular formula is C27H29Cl2F2N3O5. The molecule has 1 heterocycles. The van der Waals surface area contributed by atoms with Crippen LogP contribution in [0.1, 0.15) is 43.0 Å². The van der Waals surface area contributed by atoms with Gasteiger partial charge in [0.15, 0.2) is 6.61 Å². The minimum atomic E-state index is -3.17. The van der Waals surface area contributed by atoms with E-state index < -0.39 is 31.2 Å². The molecule has 8 nitrogen and oxygen atoms in total. The largest absolute Gasteiger partial charge is 0.481 e. The number of benzene rings is 2. The Bertz CT molecular complexity index is 1310. The van der Waals surface area contributed by atoms with Crippen LogP contribution in [-0.4, -0.2) is 42.7 Å². The Hall–Kier alpha value is -3.05. The lowest BCUT2D eigenvalue weighted by Crippen LogP contribution is -2.35. The van der Waals surface area contributed by atoms with Crippen molar-refractivity contribution in [3.05, 3.63) is 63.3 Å². The van der Waals surface area contributed by atoms with Gasteiger partial charge in [-0.05, 0) is 55.6 Å². The number of nitrogens with two attached hydrogens (primary N) is 2. The number of ether oxygens (including phenoxy) is 3. The summed E-state index contributed by atoms with van der Waals surface area (Å²) in [5, 5.41) is 0.756. The van der Waals surface area contributed by atoms with Crippen molar-refractivity contribution in [2.45, 2.75) is 51.7 Å². The number of aromatic nitrogens is 1. The topological polar surface area (TPSA) is 127 Å². The van der Waals surface area contributed by atoms with E-state index in [-0.39, 0.29) is 33.8 Å². The van der Waals surface area contributed by atoms with Crippen LogP contribution in [0.5, 0.6) is 11.5 Å². The Morgan fingerprint density at radius 3 is 2.44 bits per heavy atom. The van der Waals surface area contributed by atoms with Crippen LogP contribution in [-0.2, 0) is 27.2 Å². The molecule has 210 valence electrons. The van der Waals surface area contributed by atoms with Crippen molar-refractivity contribution in [2.24, 2.45) is 11.5 Å². The number of alkyl halides is 2. The van der Waals surface area contributed by atoms with Crippen LogP contribution in [0.4, 0.5) is 8.78 Å². The monoisotopic (exact) mass is 583 g/mol. The third-order valence-corrected chi connectivity index (χ3v) is 6.41. The molecule has 0 fully saturated rings. The van der Waals surface area contributed by atoms with E-state index in [1.54, 1.807) is 24.3 Å². The van der Waals surface area contributed by atoms with Crippen LogP contribution in [0.25, 0.3) is 10.9 Å². The highest BCUT2D eigenvalue weighted by Gasteiger charge is 2.25. The molecule has 0 spiro atoms. The SMILES string of the molecule is CCc1nc2c(Cl)ccc(OCC(=O)OC(=O)[C@@H](N)CCCCN)c2c(OC(F)F)c1Cc1ccc(Cl)cc1. The normalized spacial score (nSPS) is 12.0. The van der Waals surface area contributed by atoms with Crippen LogP contribution in [0, 0.1) is 0 Å². The maximum atomic E-state index is 13.7. The number of esters is 2. The van der Waals surface area contributed by atoms with E-state index in [4.69, 9.17) is 48.9 Å². The summed E-state index contributed by atoms with van der Waals surface area (Å²) in [4.78, 5) is 29.0. The molecular weight excluding hydrogens is 555 g/mol. The number of fused-ring (bicyclic) bond motifs is 1. The number of hydrogen-bond donors (Lipinski definition) is 2. The smallest absolute Gasteiger partial charge is 0.387 e. The van der Waals surface area contributed by atoms with Gasteiger partial charge in [-0.2, -0.15) is 8.78 Å². The van der Waals surface area contributed by atoms with Gasteiger partial charge in [0.05, 0.1) is 15.9 Å². The Kier molecular flexibility index (Phi) is 11.2. The van der Waals surface area contributed by atoms with E-state index >= 15 is 0 Å². The number of pyridine rings is 1. The summed E-state index contributed by atoms with van der Waals surface area (Å²) in [6.07, 6.45) is 2.20. The summed E-state index contributed by atoms with van der Waals surface area (Å²) in [5.41, 5.74) is 13.0. The van der Waals surface area contributed by atoms with Gasteiger partial charge >= 0.3 is 18.6 Å². The Morgan fingerprint density at radius 1 is 1.08 bits per heavy atom. The fraction of sp³-hybridized carbons (Fsp3) is 0.370. The number of rotatable bonds is 13. The van der Waals surface area contributed by atoms with Crippen molar-refractivity contribution < 1.29 is 32.6 Å². The zero-order valence-electron chi connectivity index (χ0n) is 21.2. The first-order chi connectivity index (χ1) is 18.6. The Labute approximate surface area is 234 Å². The average molecular weight is 584 g/mol. The molecule has 4 N–H and O–H groups in total. The molecule has 3 aromatic rings. The highest BCUT2D eigenvalue weighted by Crippen LogP contribution is 2.42. The summed E-state index contributed by atoms with van der Waals surface area (Å²) in [7, 11) is 0. The van der Waals surface area contributed by atoms with Crippen molar-refractivity contribution in [3.8, 4) is 11.5 Å². The molecule has 1 atom stereocenters. The molecule has 0 amide bonds. The van der Waals surface area contributed by atoms with Crippen LogP contribution in [0.15, 0.2) is 36.4 Å². The minimum Gasteiger partial charge on any atom is -0.481 e. The zero-order valence-corrected chi connectivity index (χ0v) is 22.7. The number of nitrogens with zero attached hydrogens (tertiary/aromatic N) is 1. The standard InChI is InChI=1S/C27H29Cl2F2N3O5/c1-2-20-17(13-15-6-8-16(28)9-7-15)25(39-27(30)31)23-21(11-10-18(29)24(23)34-20)37-14-22(35)38-26(36)19(33)5-3-4-12-32/h6-11,19,27H,2-5,12-14,32-33H2,1H3/t19-/m0/s1. The predicted octanol–water partition coefficient (Wildman–Crippen LogP) is 5.20. The van der Waals surface area contributed by atoms with E-state index in [2.05, 4.69) is 4.98 Å². The zero-order chi connectivity index (χ0) is 28.5. The van der Waals surface area contributed by atoms with Gasteiger partial charge in [0.2, 0.25) is 0 Å². The summed E-state index contributed by atoms with van der Waals surface area (Å²) in [5.74, 6) is -2.09. The number of aryl methyl sites for hydroxylation is 1. The van der Waals surface area contributed by atoms with Crippen molar-refractivity contribution in [1.82, 2.24) is 4.98 Å². The average Bonchev–Trinajstić information content (AvgIpc) is 2.90. The van der Waals surface area contributed by atoms with Gasteiger partial charge in [0, 0.05) is 22.7 Å². The maximum absolute atomic E-state index is 13.7. The second-order valence-electron chi connectivity index (χ2n) is 8.64. The maximum Gasteiger partial charge on any atom is 0.387 e. The molecule has 0 aliphatic heterocycles. The van der Waals surface area contributed by atoms with Crippen LogP contribution >= 0.6 is 23.2 Å². The molecule has 39 heavy (non-hydrogen) atoms. The van der Waals surface area contributed by atoms with Crippen molar-refractivity contribution in [2.75, 3.05) is 13.2 Å². The molecule has 0 saturated heterocycles. The summed E-state index contributed by atoms with van der Waals surface area (Å²) in [6, 6.07) is 8.77. The van der Waals surface area contributed by atoms with Crippen molar-refractivity contribution >= 4 is 46.0 Å². The number of carbonyl (C=O) groups excluding carboxylic acids is 2. The molecule has 2 aromatic carbocycles. The predicted molar refractivity (Wildman–Crippen MR) is 144 cm³/mol. The molecule has 0 aliphatic carbocycles. The van der Waals surface area contributed by atoms with Gasteiger partial charge in [-0.25, -0.2) is 9.59 Å². The first-order valence-electron chi connectivity index (χ1n) is 12.3. The lowest BCUT2D eigenvalue weighted by atomic mass is 9.98. The van der Waals surface area contributed by atoms with E-state index in [1.165, 1.54) is 12.1 Å². The lowest BCUT2D eigenvalue weighted by molar-refractivity contribution is -0.162. The molecule has 0 unspecified atom stereocenters. The Morgan fingerprint density at radius 2 is 1.79 bits per heavy atom. The summed E-state index contributed by atoms with van der Waals surface area (Å²) >= 11 is 12.4. The van der Waals surface area contributed by atoms with Crippen LogP contribution < -0.4 is 20.9 Å². The fourth-order valence-electron chi connectivity index (χ4n) is 3.96. The second kappa shape index (κ2) is 14.4. The molecule has 0 bridgehead atoms. The third-order valence-electron chi connectivity index (χ3n) is 5.85. The van der Waals surface area contributed by atoms with Gasteiger partial charge in [-0.15, -0.1) is 0 Å². The van der Waals surface area contributed by atoms with Crippen LogP contribution in [0.3, 0.4) is 0 Å². The van der Waals surface area contributed by atoms with Crippen LogP contribution in [0.2, 0.25) is 10.0 Å². The first-order valence-corrected chi connectivity index (χ1v) is 13.1. The molecule has 3 rings (SSSR count). The minimum absolute atomic E-state index is 0.00537. The van der Waals surface area contributed by atoms with Gasteiger partial charge in [0.25, 0.3) is 0 Å². The third kappa shape index (κ3) is 8.22. The van der Waals surface area contributed by atoms with E-state index in [0.717, 1.165) is 5.56 Å². The van der Waals surface area contributed by atoms with Crippen molar-refractivity contribution in [3.63, 3.8) is 0 Å². The van der Waals surface area contributed by atoms with Crippen molar-refractivity contribution in [1.29, 1.82) is 0 Å². The summed E-state index contributed by atoms with van der Waals surface area (Å²) in [6.45, 7) is -1.59. The van der Waals surface area contributed by atoms with Gasteiger partial charge in [0.1, 0.15) is 17.5 Å². The van der Waals surface area contributed by atoms with E-state index in [9.17, 15) is 18.4 Å². The number of unbranched alkanes of at least 4 members (excludes halogenated alkanes) is 1. The molecule has 0 radical (unpaired) electrons. The van der Waals surface area contributed by atoms with Gasteiger partial charge in [-0.3, -0.25) is 4.98 Å². The lowest BCUT2D eigenvalue weighted by Gasteiger charge is -2.20. The fourth-order valence-corrected chi connectivity index (χ4v) is 4.29. The molecule has 12 heteroatoms. The first kappa shape index (κ1) is 30.5. The summed E-state index contributed by atoms with van der Waals surface area (Å²) < 4.78 is 42.7. The number of carbonyl (C=O) groups is 2.